The maximum Gasteiger partial charge on any atom is 0.0484 e. The molecule has 0 amide bonds. The zero-order valence-electron chi connectivity index (χ0n) is 11.9. The molecule has 1 heterocycles. The van der Waals surface area contributed by atoms with Gasteiger partial charge in [-0.15, -0.1) is 0 Å². The molecule has 3 rings (SSSR count). The molecule has 102 valence electrons. The molecule has 3 nitrogen and oxygen atoms in total. The molecular formula is C16H23N3. The molecule has 0 saturated heterocycles. The van der Waals surface area contributed by atoms with E-state index in [0.29, 0.717) is 0 Å². The largest absolute Gasteiger partial charge is 0.346 e. The molecule has 3 heteroatoms. The van der Waals surface area contributed by atoms with E-state index in [9.17, 15) is 0 Å². The number of rotatable bonds is 6. The first-order valence-electron chi connectivity index (χ1n) is 7.19. The van der Waals surface area contributed by atoms with Crippen LogP contribution in [0.1, 0.15) is 18.4 Å². The first kappa shape index (κ1) is 12.7. The molecule has 0 radical (unpaired) electrons. The Morgan fingerprint density at radius 1 is 1.26 bits per heavy atom. The summed E-state index contributed by atoms with van der Waals surface area (Å²) in [5.74, 6) is 0. The maximum atomic E-state index is 3.62. The lowest BCUT2D eigenvalue weighted by molar-refractivity contribution is 0.386. The van der Waals surface area contributed by atoms with Crippen LogP contribution < -0.4 is 5.32 Å². The first-order valence-corrected chi connectivity index (χ1v) is 7.19. The molecule has 0 atom stereocenters. The third kappa shape index (κ3) is 2.99. The van der Waals surface area contributed by atoms with Gasteiger partial charge in [0.25, 0.3) is 0 Å². The van der Waals surface area contributed by atoms with Crippen molar-refractivity contribution in [2.75, 3.05) is 20.6 Å². The van der Waals surface area contributed by atoms with Gasteiger partial charge in [0, 0.05) is 42.8 Å². The third-order valence-corrected chi connectivity index (χ3v) is 3.82. The van der Waals surface area contributed by atoms with E-state index in [2.05, 4.69) is 59.3 Å². The Labute approximate surface area is 115 Å². The maximum absolute atomic E-state index is 3.62. The molecule has 1 aliphatic rings. The monoisotopic (exact) mass is 257 g/mol. The molecule has 1 aliphatic carbocycles. The molecule has 0 unspecified atom stereocenters. The highest BCUT2D eigenvalue weighted by Gasteiger charge is 2.20. The van der Waals surface area contributed by atoms with Crippen molar-refractivity contribution >= 4 is 10.9 Å². The summed E-state index contributed by atoms with van der Waals surface area (Å²) in [7, 11) is 4.25. The number of aromatic nitrogens is 1. The Morgan fingerprint density at radius 2 is 2.05 bits per heavy atom. The van der Waals surface area contributed by atoms with E-state index in [1.165, 1.54) is 29.3 Å². The third-order valence-electron chi connectivity index (χ3n) is 3.82. The van der Waals surface area contributed by atoms with Gasteiger partial charge in [0.2, 0.25) is 0 Å². The summed E-state index contributed by atoms with van der Waals surface area (Å²) in [4.78, 5) is 2.23. The van der Waals surface area contributed by atoms with Gasteiger partial charge >= 0.3 is 0 Å². The molecule has 1 aromatic heterocycles. The number of nitrogens with one attached hydrogen (secondary N) is 1. The fraction of sp³-hybridized carbons (Fsp3) is 0.500. The minimum atomic E-state index is 0.767. The summed E-state index contributed by atoms with van der Waals surface area (Å²) >= 11 is 0. The molecule has 2 aromatic rings. The Balaban J connectivity index is 1.83. The molecule has 1 N–H and O–H groups in total. The van der Waals surface area contributed by atoms with Crippen LogP contribution >= 0.6 is 0 Å². The van der Waals surface area contributed by atoms with Crippen LogP contribution in [0.25, 0.3) is 10.9 Å². The van der Waals surface area contributed by atoms with E-state index in [4.69, 9.17) is 0 Å². The van der Waals surface area contributed by atoms with Crippen LogP contribution in [0.15, 0.2) is 30.5 Å². The highest BCUT2D eigenvalue weighted by atomic mass is 15.1. The Morgan fingerprint density at radius 3 is 2.79 bits per heavy atom. The van der Waals surface area contributed by atoms with E-state index in [1.807, 2.05) is 0 Å². The van der Waals surface area contributed by atoms with Gasteiger partial charge in [-0.25, -0.2) is 0 Å². The number of para-hydroxylation sites is 1. The second-order valence-electron chi connectivity index (χ2n) is 5.82. The molecule has 19 heavy (non-hydrogen) atoms. The topological polar surface area (TPSA) is 20.2 Å². The van der Waals surface area contributed by atoms with Crippen LogP contribution in [0.3, 0.4) is 0 Å². The average molecular weight is 257 g/mol. The number of hydrogen-bond acceptors (Lipinski definition) is 2. The summed E-state index contributed by atoms with van der Waals surface area (Å²) in [6, 6.07) is 9.51. The number of hydrogen-bond donors (Lipinski definition) is 1. The van der Waals surface area contributed by atoms with Crippen molar-refractivity contribution in [1.82, 2.24) is 14.8 Å². The first-order chi connectivity index (χ1) is 9.24. The van der Waals surface area contributed by atoms with Crippen molar-refractivity contribution in [3.8, 4) is 0 Å². The number of likely N-dealkylation sites (N-methyl/N-ethyl adjacent to an activating group) is 1. The van der Waals surface area contributed by atoms with Crippen molar-refractivity contribution < 1.29 is 0 Å². The van der Waals surface area contributed by atoms with Crippen LogP contribution in [-0.4, -0.2) is 36.1 Å². The quantitative estimate of drug-likeness (QED) is 0.858. The summed E-state index contributed by atoms with van der Waals surface area (Å²) in [5.41, 5.74) is 2.79. The molecule has 1 fully saturated rings. The SMILES string of the molecule is CN(C)CCn1cc(CNC2CC2)c2ccccc21. The fourth-order valence-electron chi connectivity index (χ4n) is 2.50. The minimum absolute atomic E-state index is 0.767. The molecule has 1 aromatic carbocycles. The van der Waals surface area contributed by atoms with Crippen molar-refractivity contribution in [3.63, 3.8) is 0 Å². The van der Waals surface area contributed by atoms with E-state index < -0.39 is 0 Å². The minimum Gasteiger partial charge on any atom is -0.346 e. The second-order valence-corrected chi connectivity index (χ2v) is 5.82. The van der Waals surface area contributed by atoms with Gasteiger partial charge in [-0.2, -0.15) is 0 Å². The molecule has 0 spiro atoms. The van der Waals surface area contributed by atoms with Gasteiger partial charge in [-0.3, -0.25) is 0 Å². The standard InChI is InChI=1S/C16H23N3/c1-18(2)9-10-19-12-13(11-17-14-7-8-14)15-5-3-4-6-16(15)19/h3-6,12,14,17H,7-11H2,1-2H3. The van der Waals surface area contributed by atoms with E-state index >= 15 is 0 Å². The number of benzene rings is 1. The van der Waals surface area contributed by atoms with Crippen LogP contribution in [0.5, 0.6) is 0 Å². The number of fused-ring (bicyclic) bond motifs is 1. The smallest absolute Gasteiger partial charge is 0.0484 e. The predicted molar refractivity (Wildman–Crippen MR) is 80.4 cm³/mol. The Hall–Kier alpha value is -1.32. The van der Waals surface area contributed by atoms with Crippen molar-refractivity contribution in [3.05, 3.63) is 36.0 Å². The lowest BCUT2D eigenvalue weighted by atomic mass is 10.2. The number of nitrogens with zero attached hydrogens (tertiary/aromatic N) is 2. The van der Waals surface area contributed by atoms with E-state index in [1.54, 1.807) is 0 Å². The molecule has 0 aliphatic heterocycles. The van der Waals surface area contributed by atoms with Crippen LogP contribution in [-0.2, 0) is 13.1 Å². The summed E-state index contributed by atoms with van der Waals surface area (Å²) in [6.07, 6.45) is 5.02. The lowest BCUT2D eigenvalue weighted by Crippen LogP contribution is -2.18. The van der Waals surface area contributed by atoms with E-state index in [-0.39, 0.29) is 0 Å². The summed E-state index contributed by atoms with van der Waals surface area (Å²) in [6.45, 7) is 3.13. The average Bonchev–Trinajstić information content (AvgIpc) is 3.16. The fourth-order valence-corrected chi connectivity index (χ4v) is 2.50. The van der Waals surface area contributed by atoms with Gasteiger partial charge in [0.15, 0.2) is 0 Å². The van der Waals surface area contributed by atoms with Gasteiger partial charge < -0.3 is 14.8 Å². The Bertz CT molecular complexity index is 512. The van der Waals surface area contributed by atoms with Crippen molar-refractivity contribution in [2.24, 2.45) is 0 Å². The van der Waals surface area contributed by atoms with Gasteiger partial charge in [0.1, 0.15) is 0 Å². The summed E-state index contributed by atoms with van der Waals surface area (Å²) < 4.78 is 2.39. The second kappa shape index (κ2) is 5.35. The zero-order chi connectivity index (χ0) is 13.2. The van der Waals surface area contributed by atoms with Crippen LogP contribution in [0, 0.1) is 0 Å². The lowest BCUT2D eigenvalue weighted by Gasteiger charge is -2.10. The molecular weight excluding hydrogens is 234 g/mol. The highest BCUT2D eigenvalue weighted by molar-refractivity contribution is 5.83. The summed E-state index contributed by atoms with van der Waals surface area (Å²) in [5, 5.41) is 5.02. The van der Waals surface area contributed by atoms with E-state index in [0.717, 1.165) is 25.7 Å². The van der Waals surface area contributed by atoms with Crippen molar-refractivity contribution in [1.29, 1.82) is 0 Å². The Kier molecular flexibility index (Phi) is 3.58. The molecule has 1 saturated carbocycles. The zero-order valence-corrected chi connectivity index (χ0v) is 11.9. The van der Waals surface area contributed by atoms with Gasteiger partial charge in [0.05, 0.1) is 0 Å². The normalized spacial score (nSPS) is 15.5. The van der Waals surface area contributed by atoms with Gasteiger partial charge in [-0.05, 0) is 38.6 Å². The van der Waals surface area contributed by atoms with Crippen molar-refractivity contribution in [2.45, 2.75) is 32.0 Å². The highest BCUT2D eigenvalue weighted by Crippen LogP contribution is 2.24. The van der Waals surface area contributed by atoms with Crippen LogP contribution in [0.2, 0.25) is 0 Å². The predicted octanol–water partition coefficient (Wildman–Crippen LogP) is 2.45. The van der Waals surface area contributed by atoms with Gasteiger partial charge in [-0.1, -0.05) is 18.2 Å². The van der Waals surface area contributed by atoms with Crippen LogP contribution in [0.4, 0.5) is 0 Å². The molecule has 0 bridgehead atoms.